The van der Waals surface area contributed by atoms with Gasteiger partial charge in [-0.2, -0.15) is 0 Å². The van der Waals surface area contributed by atoms with Crippen molar-refractivity contribution in [3.8, 4) is 0 Å². The Morgan fingerprint density at radius 3 is 2.91 bits per heavy atom. The van der Waals surface area contributed by atoms with Crippen LogP contribution in [0.4, 0.5) is 0 Å². The first-order valence-electron chi connectivity index (χ1n) is 2.99. The molecule has 0 saturated carbocycles. The van der Waals surface area contributed by atoms with Crippen LogP contribution in [0.25, 0.3) is 0 Å². The van der Waals surface area contributed by atoms with Gasteiger partial charge in [0, 0.05) is 11.3 Å². The highest BCUT2D eigenvalue weighted by atomic mass is 35.5. The lowest BCUT2D eigenvalue weighted by atomic mass is 10.8. The topological polar surface area (TPSA) is 29.5 Å². The minimum Gasteiger partial charge on any atom is -0.337 e. The normalized spacial score (nSPS) is 17.0. The monoisotopic (exact) mass is 232 g/mol. The Morgan fingerprint density at radius 2 is 2.45 bits per heavy atom. The lowest BCUT2D eigenvalue weighted by Crippen LogP contribution is -1.84. The van der Waals surface area contributed by atoms with E-state index >= 15 is 0 Å². The number of halogens is 1. The van der Waals surface area contributed by atoms with Gasteiger partial charge in [0.25, 0.3) is 0 Å². The summed E-state index contributed by atoms with van der Waals surface area (Å²) in [5.74, 6) is 0.595. The first kappa shape index (κ1) is 11.9. The minimum atomic E-state index is -2.58. The van der Waals surface area contributed by atoms with E-state index < -0.39 is 5.69 Å². The Bertz CT molecular complexity index is 174. The summed E-state index contributed by atoms with van der Waals surface area (Å²) in [5.41, 5.74) is -1.19. The van der Waals surface area contributed by atoms with Gasteiger partial charge in [-0.1, -0.05) is 29.1 Å². The zero-order valence-electron chi connectivity index (χ0n) is 6.07. The molecule has 1 unspecified atom stereocenters. The fourth-order valence-electron chi connectivity index (χ4n) is 0.374. The molecule has 0 radical (unpaired) electrons. The van der Waals surface area contributed by atoms with Crippen LogP contribution < -0.4 is 0 Å². The number of hydrogen-bond donors (Lipinski definition) is 1. The van der Waals surface area contributed by atoms with E-state index in [9.17, 15) is 4.89 Å². The third kappa shape index (κ3) is 7.32. The van der Waals surface area contributed by atoms with Gasteiger partial charge in [0.15, 0.2) is 0 Å². The van der Waals surface area contributed by atoms with Gasteiger partial charge in [0.1, 0.15) is 0 Å². The largest absolute Gasteiger partial charge is 0.337 e. The highest BCUT2D eigenvalue weighted by Crippen LogP contribution is 2.55. The van der Waals surface area contributed by atoms with Gasteiger partial charge in [-0.05, 0) is 18.7 Å². The second-order valence-electron chi connectivity index (χ2n) is 1.54. The van der Waals surface area contributed by atoms with Crippen LogP contribution >= 0.6 is 28.7 Å². The summed E-state index contributed by atoms with van der Waals surface area (Å²) in [6.07, 6.45) is 1.71. The summed E-state index contributed by atoms with van der Waals surface area (Å²) in [6.45, 7) is 2.25. The molecule has 6 heteroatoms. The highest BCUT2D eigenvalue weighted by Gasteiger charge is 2.11. The van der Waals surface area contributed by atoms with E-state index in [0.29, 0.717) is 12.4 Å². The Kier molecular flexibility index (Phi) is 7.02. The van der Waals surface area contributed by atoms with Crippen molar-refractivity contribution >= 4 is 40.5 Å². The summed E-state index contributed by atoms with van der Waals surface area (Å²) in [6, 6.07) is 0. The smallest absolute Gasteiger partial charge is 0.245 e. The fraction of sp³-hybridized carbons (Fsp3) is 0.600. The number of hydrogen-bond acceptors (Lipinski definition) is 3. The van der Waals surface area contributed by atoms with Crippen molar-refractivity contribution in [1.29, 1.82) is 0 Å². The minimum absolute atomic E-state index is 0.450. The highest BCUT2D eigenvalue weighted by molar-refractivity contribution is 8.67. The molecule has 0 aromatic carbocycles. The van der Waals surface area contributed by atoms with Crippen LogP contribution in [0.2, 0.25) is 0 Å². The van der Waals surface area contributed by atoms with Gasteiger partial charge >= 0.3 is 0 Å². The van der Waals surface area contributed by atoms with E-state index in [1.165, 1.54) is 16.9 Å². The first-order valence-corrected chi connectivity index (χ1v) is 7.69. The molecule has 0 fully saturated rings. The SMILES string of the molecule is CCOP(O)(=S)SCC=CCl. The van der Waals surface area contributed by atoms with Crippen LogP contribution in [-0.4, -0.2) is 17.3 Å². The predicted molar refractivity (Wildman–Crippen MR) is 55.6 cm³/mol. The fourth-order valence-corrected chi connectivity index (χ4v) is 3.57. The van der Waals surface area contributed by atoms with Crippen LogP contribution in [-0.2, 0) is 16.3 Å². The molecule has 11 heavy (non-hydrogen) atoms. The molecular weight excluding hydrogens is 223 g/mol. The van der Waals surface area contributed by atoms with Crippen LogP contribution in [0.3, 0.4) is 0 Å². The maximum absolute atomic E-state index is 9.33. The Hall–Kier alpha value is 0.950. The van der Waals surface area contributed by atoms with E-state index in [-0.39, 0.29) is 0 Å². The van der Waals surface area contributed by atoms with Gasteiger partial charge < -0.3 is 9.42 Å². The average Bonchev–Trinajstić information content (AvgIpc) is 1.87. The molecule has 1 atom stereocenters. The van der Waals surface area contributed by atoms with E-state index in [1.807, 2.05) is 0 Å². The molecule has 2 nitrogen and oxygen atoms in total. The quantitative estimate of drug-likeness (QED) is 0.739. The molecule has 0 amide bonds. The van der Waals surface area contributed by atoms with E-state index in [4.69, 9.17) is 27.9 Å². The van der Waals surface area contributed by atoms with Crippen molar-refractivity contribution in [2.45, 2.75) is 6.92 Å². The summed E-state index contributed by atoms with van der Waals surface area (Å²) in [5, 5.41) is 0. The third-order valence-corrected chi connectivity index (χ3v) is 5.15. The van der Waals surface area contributed by atoms with Gasteiger partial charge in [0.2, 0.25) is 5.69 Å². The molecule has 0 aromatic heterocycles. The lowest BCUT2D eigenvalue weighted by molar-refractivity contribution is 0.341. The van der Waals surface area contributed by atoms with Crippen LogP contribution in [0, 0.1) is 0 Å². The van der Waals surface area contributed by atoms with Gasteiger partial charge in [-0.3, -0.25) is 0 Å². The summed E-state index contributed by atoms with van der Waals surface area (Å²) in [7, 11) is 0. The summed E-state index contributed by atoms with van der Waals surface area (Å²) in [4.78, 5) is 9.33. The Labute approximate surface area is 80.9 Å². The van der Waals surface area contributed by atoms with Crippen molar-refractivity contribution in [1.82, 2.24) is 0 Å². The molecule has 1 N–H and O–H groups in total. The second-order valence-corrected chi connectivity index (χ2v) is 8.02. The zero-order valence-corrected chi connectivity index (χ0v) is 9.35. The molecule has 0 heterocycles. The van der Waals surface area contributed by atoms with Crippen molar-refractivity contribution in [2.75, 3.05) is 12.4 Å². The van der Waals surface area contributed by atoms with Gasteiger partial charge in [-0.15, -0.1) is 0 Å². The molecule has 0 saturated heterocycles. The molecule has 0 aliphatic rings. The van der Waals surface area contributed by atoms with Crippen LogP contribution in [0.15, 0.2) is 11.6 Å². The molecule has 0 aromatic rings. The maximum Gasteiger partial charge on any atom is 0.245 e. The summed E-state index contributed by atoms with van der Waals surface area (Å²) >= 11 is 11.3. The molecule has 0 rings (SSSR count). The summed E-state index contributed by atoms with van der Waals surface area (Å²) < 4.78 is 4.94. The van der Waals surface area contributed by atoms with E-state index in [0.717, 1.165) is 0 Å². The maximum atomic E-state index is 9.33. The Morgan fingerprint density at radius 1 is 1.82 bits per heavy atom. The number of rotatable bonds is 5. The Balaban J connectivity index is 3.64. The molecule has 0 aliphatic carbocycles. The molecule has 0 bridgehead atoms. The first-order chi connectivity index (χ1) is 5.12. The second kappa shape index (κ2) is 6.46. The van der Waals surface area contributed by atoms with Gasteiger partial charge in [-0.25, -0.2) is 0 Å². The molecule has 0 aliphatic heterocycles. The van der Waals surface area contributed by atoms with Crippen LogP contribution in [0.1, 0.15) is 6.92 Å². The standard InChI is InChI=1S/C5H10ClO2PS2/c1-2-8-9(7,10)11-5-3-4-6/h3-4H,2,5H2,1H3,(H,7,10). The van der Waals surface area contributed by atoms with Crippen molar-refractivity contribution in [3.05, 3.63) is 11.6 Å². The molecule has 66 valence electrons. The van der Waals surface area contributed by atoms with E-state index in [2.05, 4.69) is 0 Å². The average molecular weight is 233 g/mol. The molecular formula is C5H10ClO2PS2. The zero-order chi connectivity index (χ0) is 8.74. The van der Waals surface area contributed by atoms with E-state index in [1.54, 1.807) is 13.0 Å². The predicted octanol–water partition coefficient (Wildman–Crippen LogP) is 2.73. The van der Waals surface area contributed by atoms with Crippen LogP contribution in [0.5, 0.6) is 0 Å². The van der Waals surface area contributed by atoms with Crippen molar-refractivity contribution in [2.24, 2.45) is 0 Å². The lowest BCUT2D eigenvalue weighted by Gasteiger charge is -2.11. The third-order valence-electron chi connectivity index (χ3n) is 0.715. The van der Waals surface area contributed by atoms with Gasteiger partial charge in [0.05, 0.1) is 6.61 Å². The van der Waals surface area contributed by atoms with Crippen molar-refractivity contribution in [3.63, 3.8) is 0 Å². The van der Waals surface area contributed by atoms with Crippen molar-refractivity contribution < 1.29 is 9.42 Å². The molecule has 0 spiro atoms.